The molecule has 17 heteroatoms. The summed E-state index contributed by atoms with van der Waals surface area (Å²) in [5, 5.41) is 16.9. The lowest BCUT2D eigenvalue weighted by Gasteiger charge is -2.36. The van der Waals surface area contributed by atoms with Gasteiger partial charge in [-0.15, -0.1) is 10.2 Å². The van der Waals surface area contributed by atoms with Crippen LogP contribution < -0.4 is 5.46 Å². The maximum absolute atomic E-state index is 13.3. The number of carbonyl (C=O) groups excluding carboxylic acids is 4. The minimum Gasteiger partial charge on any atom is -0.469 e. The van der Waals surface area contributed by atoms with E-state index < -0.39 is 0 Å². The van der Waals surface area contributed by atoms with Crippen LogP contribution in [0.3, 0.4) is 0 Å². The lowest BCUT2D eigenvalue weighted by atomic mass is 9.76. The molecule has 3 aliphatic heterocycles. The van der Waals surface area contributed by atoms with Gasteiger partial charge in [-0.3, -0.25) is 14.4 Å². The molecule has 2 amide bonds. The van der Waals surface area contributed by atoms with Gasteiger partial charge in [0.2, 0.25) is 0 Å². The van der Waals surface area contributed by atoms with E-state index in [1.54, 1.807) is 6.08 Å². The van der Waals surface area contributed by atoms with Crippen molar-refractivity contribution in [2.75, 3.05) is 27.3 Å². The molecule has 11 rings (SSSR count). The van der Waals surface area contributed by atoms with Crippen LogP contribution in [0.5, 0.6) is 0 Å². The summed E-state index contributed by atoms with van der Waals surface area (Å²) in [4.78, 5) is 53.8. The van der Waals surface area contributed by atoms with Crippen LogP contribution in [0, 0.1) is 13.8 Å². The Morgan fingerprint density at radius 3 is 1.67 bits per heavy atom. The summed E-state index contributed by atoms with van der Waals surface area (Å²) in [7, 11) is 2.39. The first kappa shape index (κ1) is 61.8. The van der Waals surface area contributed by atoms with Crippen molar-refractivity contribution in [3.05, 3.63) is 189 Å². The van der Waals surface area contributed by atoms with Gasteiger partial charge in [-0.2, -0.15) is 0 Å². The number of esters is 2. The maximum atomic E-state index is 13.3. The van der Waals surface area contributed by atoms with E-state index in [4.69, 9.17) is 14.0 Å². The highest BCUT2D eigenvalue weighted by Gasteiger charge is 2.52. The maximum Gasteiger partial charge on any atom is 0.494 e. The molecule has 2 aromatic heterocycles. The Bertz CT molecular complexity index is 3690. The van der Waals surface area contributed by atoms with Crippen molar-refractivity contribution >= 4 is 64.5 Å². The molecule has 16 nitrogen and oxygen atoms in total. The van der Waals surface area contributed by atoms with Gasteiger partial charge >= 0.3 is 19.1 Å². The van der Waals surface area contributed by atoms with Crippen molar-refractivity contribution in [1.82, 2.24) is 39.8 Å². The zero-order valence-corrected chi connectivity index (χ0v) is 49.8. The molecule has 0 radical (unpaired) electrons. The Morgan fingerprint density at radius 1 is 0.655 bits per heavy atom. The van der Waals surface area contributed by atoms with Crippen LogP contribution in [0.15, 0.2) is 127 Å². The Labute approximate surface area is 494 Å². The van der Waals surface area contributed by atoms with Gasteiger partial charge in [0.05, 0.1) is 55.0 Å². The van der Waals surface area contributed by atoms with E-state index in [2.05, 4.69) is 109 Å². The fourth-order valence-corrected chi connectivity index (χ4v) is 11.3. The molecule has 3 atom stereocenters. The molecule has 3 aliphatic rings. The fraction of sp³-hybridized carbons (Fsp3) is 0.373. The molecule has 6 aromatic carbocycles. The Hall–Kier alpha value is -8.28. The second kappa shape index (κ2) is 26.1. The number of ether oxygens (including phenoxy) is 2. The number of aromatic nitrogens is 6. The van der Waals surface area contributed by atoms with Gasteiger partial charge in [0.25, 0.3) is 11.8 Å². The molecule has 438 valence electrons. The van der Waals surface area contributed by atoms with Gasteiger partial charge in [-0.25, -0.2) is 14.2 Å². The second-order valence-electron chi connectivity index (χ2n) is 22.4. The largest absolute Gasteiger partial charge is 0.494 e. The summed E-state index contributed by atoms with van der Waals surface area (Å²) in [6, 6.07) is 39.8. The first-order valence-corrected chi connectivity index (χ1v) is 28.6. The number of methoxy groups -OCH3 is 2. The predicted octanol–water partition coefficient (Wildman–Crippen LogP) is 11.5. The number of nitrogens with zero attached hydrogens (tertiary/aromatic N) is 8. The quantitative estimate of drug-likeness (QED) is 0.0682. The Kier molecular flexibility index (Phi) is 19.2. The second-order valence-corrected chi connectivity index (χ2v) is 22.4. The zero-order chi connectivity index (χ0) is 59.3. The van der Waals surface area contributed by atoms with Crippen LogP contribution in [0.1, 0.15) is 158 Å². The number of aryl methyl sites for hydroxylation is 4. The number of rotatable bonds is 11. The van der Waals surface area contributed by atoms with Gasteiger partial charge < -0.3 is 28.6 Å². The number of benzene rings is 6. The fourth-order valence-electron chi connectivity index (χ4n) is 11.3. The lowest BCUT2D eigenvalue weighted by Crippen LogP contribution is -2.41. The SMILES string of the molecule is C.CCn1nnc2c(C)c(/C=C/C(=O)OC)ccc21.CCn1nnc2c(C)c(C(CC(=O)OC)c3ccc4c(c3)[C@H](C)N(C(=O)c3ccccc3)CC4)ccc21.C[C@H]1c2cc(B3OC(C)(C)C(C)(C)O3)ccc2CCN1C(=O)c1ccccc1. The van der Waals surface area contributed by atoms with Gasteiger partial charge in [-0.05, 0) is 180 Å². The summed E-state index contributed by atoms with van der Waals surface area (Å²) >= 11 is 0. The van der Waals surface area contributed by atoms with Gasteiger partial charge in [0.1, 0.15) is 11.0 Å². The highest BCUT2D eigenvalue weighted by molar-refractivity contribution is 6.62. The van der Waals surface area contributed by atoms with Crippen molar-refractivity contribution in [2.45, 2.75) is 138 Å². The van der Waals surface area contributed by atoms with Crippen LogP contribution >= 0.6 is 0 Å². The van der Waals surface area contributed by atoms with Crippen LogP contribution in [-0.4, -0.2) is 109 Å². The summed E-state index contributed by atoms with van der Waals surface area (Å²) in [5.41, 5.74) is 15.3. The van der Waals surface area contributed by atoms with Gasteiger partial charge in [-0.1, -0.05) is 103 Å². The van der Waals surface area contributed by atoms with Crippen LogP contribution in [0.2, 0.25) is 0 Å². The highest BCUT2D eigenvalue weighted by atomic mass is 16.7. The molecule has 1 saturated heterocycles. The first-order chi connectivity index (χ1) is 39.8. The van der Waals surface area contributed by atoms with Crippen molar-refractivity contribution in [1.29, 1.82) is 0 Å². The van der Waals surface area contributed by atoms with Crippen LogP contribution in [0.4, 0.5) is 0 Å². The molecule has 1 unspecified atom stereocenters. The van der Waals surface area contributed by atoms with Crippen molar-refractivity contribution in [3.8, 4) is 0 Å². The number of carbonyl (C=O) groups is 4. The number of hydrogen-bond donors (Lipinski definition) is 0. The molecule has 0 bridgehead atoms. The predicted molar refractivity (Wildman–Crippen MR) is 330 cm³/mol. The summed E-state index contributed by atoms with van der Waals surface area (Å²) in [6.07, 6.45) is 5.00. The smallest absolute Gasteiger partial charge is 0.469 e. The summed E-state index contributed by atoms with van der Waals surface area (Å²) < 4.78 is 25.8. The van der Waals surface area contributed by atoms with E-state index in [1.165, 1.54) is 37.0 Å². The van der Waals surface area contributed by atoms with Gasteiger partial charge in [0.15, 0.2) is 0 Å². The summed E-state index contributed by atoms with van der Waals surface area (Å²) in [5.74, 6) is -0.725. The van der Waals surface area contributed by atoms with Crippen molar-refractivity contribution in [3.63, 3.8) is 0 Å². The van der Waals surface area contributed by atoms with Crippen LogP contribution in [-0.2, 0) is 54.3 Å². The molecule has 84 heavy (non-hydrogen) atoms. The first-order valence-electron chi connectivity index (χ1n) is 28.6. The third kappa shape index (κ3) is 12.6. The average molecular weight is 1140 g/mol. The standard InChI is InChI=1S/C30H32N4O3.C23H28BNO3.C13H15N3O2.CH4/c1-5-34-27-14-13-24(19(2)29(27)31-32-34)26(18-28(35)37-4)23-12-11-21-15-16-33(20(3)25(21)17-23)30(36)22-9-7-6-8-10-22;1-16-20-15-19(24-27-22(2,3)23(4,5)28-24)12-11-17(20)13-14-25(16)21(26)18-9-7-6-8-10-18;1-4-16-11-7-5-10(6-8-12(17)18-3)9(2)13(11)14-15-16;/h6-14,17,20,26H,5,15-16,18H2,1-4H3;6-12,15-16H,13-14H2,1-5H3;5-8H,4H2,1-3H3;1H4/b;;8-6+;/t20-,26?;16-;;/m00../s1. The van der Waals surface area contributed by atoms with E-state index in [-0.39, 0.29) is 73.9 Å². The zero-order valence-electron chi connectivity index (χ0n) is 49.8. The molecule has 8 aromatic rings. The molecular formula is C67H79BN8O8. The molecule has 0 spiro atoms. The van der Waals surface area contributed by atoms with E-state index in [0.717, 1.165) is 98.9 Å². The van der Waals surface area contributed by atoms with Crippen molar-refractivity contribution < 1.29 is 38.0 Å². The monoisotopic (exact) mass is 1130 g/mol. The Morgan fingerprint density at radius 2 is 1.15 bits per heavy atom. The molecule has 1 fully saturated rings. The van der Waals surface area contributed by atoms with Gasteiger partial charge in [0, 0.05) is 49.3 Å². The van der Waals surface area contributed by atoms with E-state index in [0.29, 0.717) is 12.1 Å². The third-order valence-electron chi connectivity index (χ3n) is 17.0. The van der Waals surface area contributed by atoms with E-state index in [1.807, 2.05) is 126 Å². The van der Waals surface area contributed by atoms with E-state index in [9.17, 15) is 19.2 Å². The highest BCUT2D eigenvalue weighted by Crippen LogP contribution is 2.40. The molecule has 0 N–H and O–H groups in total. The molecule has 0 aliphatic carbocycles. The molecule has 0 saturated carbocycles. The third-order valence-corrected chi connectivity index (χ3v) is 17.0. The number of fused-ring (bicyclic) bond motifs is 4. The summed E-state index contributed by atoms with van der Waals surface area (Å²) in [6.45, 7) is 23.4. The topological polar surface area (TPSA) is 173 Å². The minimum absolute atomic E-state index is 0. The lowest BCUT2D eigenvalue weighted by molar-refractivity contribution is -0.141. The number of hydrogen-bond acceptors (Lipinski definition) is 12. The molecular weight excluding hydrogens is 1060 g/mol. The number of amides is 2. The normalized spacial score (nSPS) is 17.0. The molecule has 5 heterocycles. The Balaban J connectivity index is 0.000000173. The average Bonchev–Trinajstić information content (AvgIpc) is 2.68. The minimum atomic E-state index is -0.386. The van der Waals surface area contributed by atoms with Crippen molar-refractivity contribution in [2.24, 2.45) is 0 Å². The van der Waals surface area contributed by atoms with E-state index >= 15 is 0 Å². The van der Waals surface area contributed by atoms with Crippen LogP contribution in [0.25, 0.3) is 28.1 Å².